The molecule has 3 heteroatoms. The van der Waals surface area contributed by atoms with Crippen LogP contribution in [0.5, 0.6) is 0 Å². The third-order valence-corrected chi connectivity index (χ3v) is 12.0. The predicted molar refractivity (Wildman–Crippen MR) is 140 cm³/mol. The zero-order valence-corrected chi connectivity index (χ0v) is 22.8. The van der Waals surface area contributed by atoms with Crippen LogP contribution in [0.3, 0.4) is 0 Å². The lowest BCUT2D eigenvalue weighted by Crippen LogP contribution is -2.56. The largest absolute Gasteiger partial charge is 0.388 e. The number of hydrogen-bond acceptors (Lipinski definition) is 2. The van der Waals surface area contributed by atoms with Gasteiger partial charge in [-0.1, -0.05) is 53.9 Å². The second-order valence-corrected chi connectivity index (χ2v) is 14.3. The van der Waals surface area contributed by atoms with Crippen molar-refractivity contribution < 1.29 is 5.11 Å². The van der Waals surface area contributed by atoms with Crippen molar-refractivity contribution in [3.05, 3.63) is 18.5 Å². The Balaban J connectivity index is 1.26. The molecule has 1 aromatic rings. The van der Waals surface area contributed by atoms with Gasteiger partial charge < -0.3 is 5.11 Å². The van der Waals surface area contributed by atoms with E-state index >= 15 is 0 Å². The van der Waals surface area contributed by atoms with Gasteiger partial charge in [-0.3, -0.25) is 4.68 Å². The molecule has 192 valence electrons. The topological polar surface area (TPSA) is 38.0 Å². The first-order chi connectivity index (χ1) is 16.1. The van der Waals surface area contributed by atoms with Gasteiger partial charge in [0.05, 0.1) is 12.1 Å². The highest BCUT2D eigenvalue weighted by Gasteiger charge is 2.61. The van der Waals surface area contributed by atoms with Gasteiger partial charge in [-0.25, -0.2) is 0 Å². The Hall–Kier alpha value is -0.830. The fraction of sp³-hybridized carbons (Fsp3) is 0.903. The first-order valence-electron chi connectivity index (χ1n) is 14.8. The molecule has 4 saturated carbocycles. The molecule has 5 rings (SSSR count). The Morgan fingerprint density at radius 3 is 2.47 bits per heavy atom. The smallest absolute Gasteiger partial charge is 0.0845 e. The maximum absolute atomic E-state index is 11.5. The Morgan fingerprint density at radius 2 is 1.74 bits per heavy atom. The standard InChI is InChI=1S/C31H52N2O/c1-22(2)8-6-9-23(3)26-12-13-27-25-11-10-24-20-31(34,21-33-19-7-18-32-33)17-16-29(24,4)28(25)14-15-30(26,27)5/h7,18-19,22-28,34H,6,8-17,20-21H2,1-5H3/t23-,24+,25?,26-,27?,28?,29+,30-,31-/m1/s1. The van der Waals surface area contributed by atoms with Crippen LogP contribution in [0.25, 0.3) is 0 Å². The van der Waals surface area contributed by atoms with Crippen LogP contribution in [0.15, 0.2) is 18.5 Å². The van der Waals surface area contributed by atoms with E-state index in [1.807, 2.05) is 23.1 Å². The summed E-state index contributed by atoms with van der Waals surface area (Å²) in [6.07, 6.45) is 19.8. The zero-order valence-electron chi connectivity index (χ0n) is 22.8. The van der Waals surface area contributed by atoms with E-state index in [1.54, 1.807) is 0 Å². The number of rotatable bonds is 7. The summed E-state index contributed by atoms with van der Waals surface area (Å²) in [5, 5.41) is 15.9. The van der Waals surface area contributed by atoms with Crippen LogP contribution in [0.1, 0.15) is 112 Å². The zero-order chi connectivity index (χ0) is 24.1. The van der Waals surface area contributed by atoms with Crippen LogP contribution in [0, 0.1) is 52.3 Å². The fourth-order valence-electron chi connectivity index (χ4n) is 10.2. The van der Waals surface area contributed by atoms with E-state index in [9.17, 15) is 5.11 Å². The SMILES string of the molecule is CC(C)CCC[C@@H](C)[C@H]1CCC2C3CC[C@H]4C[C@@](O)(Cn5cccn5)CC[C@]4(C)C3CC[C@@]21C. The molecule has 1 aromatic heterocycles. The average Bonchev–Trinajstić information content (AvgIpc) is 3.41. The Morgan fingerprint density at radius 1 is 0.941 bits per heavy atom. The molecule has 1 N–H and O–H groups in total. The summed E-state index contributed by atoms with van der Waals surface area (Å²) in [6.45, 7) is 13.3. The lowest BCUT2D eigenvalue weighted by Gasteiger charge is -2.62. The van der Waals surface area contributed by atoms with Gasteiger partial charge in [0, 0.05) is 12.4 Å². The van der Waals surface area contributed by atoms with Crippen LogP contribution in [-0.4, -0.2) is 20.5 Å². The molecule has 34 heavy (non-hydrogen) atoms. The number of fused-ring (bicyclic) bond motifs is 5. The van der Waals surface area contributed by atoms with Crippen LogP contribution < -0.4 is 0 Å². The van der Waals surface area contributed by atoms with Crippen molar-refractivity contribution >= 4 is 0 Å². The number of aromatic nitrogens is 2. The van der Waals surface area contributed by atoms with E-state index < -0.39 is 5.60 Å². The minimum Gasteiger partial charge on any atom is -0.388 e. The third kappa shape index (κ3) is 4.31. The summed E-state index contributed by atoms with van der Waals surface area (Å²) in [5.74, 6) is 6.13. The van der Waals surface area contributed by atoms with Crippen molar-refractivity contribution in [2.24, 2.45) is 52.3 Å². The number of nitrogens with zero attached hydrogens (tertiary/aromatic N) is 2. The molecular formula is C31H52N2O. The van der Waals surface area contributed by atoms with Crippen LogP contribution in [0.4, 0.5) is 0 Å². The van der Waals surface area contributed by atoms with Gasteiger partial charge in [0.1, 0.15) is 0 Å². The van der Waals surface area contributed by atoms with Gasteiger partial charge in [-0.15, -0.1) is 0 Å². The van der Waals surface area contributed by atoms with Crippen LogP contribution in [0.2, 0.25) is 0 Å². The van der Waals surface area contributed by atoms with Crippen molar-refractivity contribution in [1.82, 2.24) is 9.78 Å². The van der Waals surface area contributed by atoms with Crippen LogP contribution in [-0.2, 0) is 6.54 Å². The molecule has 0 bridgehead atoms. The number of aliphatic hydroxyl groups is 1. The summed E-state index contributed by atoms with van der Waals surface area (Å²) in [4.78, 5) is 0. The minimum atomic E-state index is -0.573. The van der Waals surface area contributed by atoms with Crippen molar-refractivity contribution in [3.8, 4) is 0 Å². The highest BCUT2D eigenvalue weighted by Crippen LogP contribution is 2.69. The maximum Gasteiger partial charge on any atom is 0.0845 e. The molecule has 0 aromatic carbocycles. The van der Waals surface area contributed by atoms with E-state index in [1.165, 1.54) is 64.2 Å². The van der Waals surface area contributed by atoms with E-state index in [0.717, 1.165) is 48.3 Å². The van der Waals surface area contributed by atoms with Gasteiger partial charge in [0.15, 0.2) is 0 Å². The van der Waals surface area contributed by atoms with Gasteiger partial charge in [0.25, 0.3) is 0 Å². The summed E-state index contributed by atoms with van der Waals surface area (Å²) in [6, 6.07) is 1.97. The summed E-state index contributed by atoms with van der Waals surface area (Å²) in [5.41, 5.74) is 0.439. The van der Waals surface area contributed by atoms with E-state index in [2.05, 4.69) is 39.7 Å². The van der Waals surface area contributed by atoms with Gasteiger partial charge >= 0.3 is 0 Å². The molecule has 0 saturated heterocycles. The quantitative estimate of drug-likeness (QED) is 0.444. The second-order valence-electron chi connectivity index (χ2n) is 14.3. The second kappa shape index (κ2) is 9.24. The van der Waals surface area contributed by atoms with Gasteiger partial charge in [-0.05, 0) is 116 Å². The summed E-state index contributed by atoms with van der Waals surface area (Å²) >= 11 is 0. The van der Waals surface area contributed by atoms with Crippen molar-refractivity contribution in [2.75, 3.05) is 0 Å². The molecule has 4 fully saturated rings. The average molecular weight is 469 g/mol. The normalized spacial score (nSPS) is 45.0. The Bertz CT molecular complexity index is 819. The summed E-state index contributed by atoms with van der Waals surface area (Å²) in [7, 11) is 0. The first kappa shape index (κ1) is 24.8. The van der Waals surface area contributed by atoms with Crippen molar-refractivity contribution in [2.45, 2.75) is 124 Å². The molecule has 3 unspecified atom stereocenters. The highest BCUT2D eigenvalue weighted by molar-refractivity contribution is 5.11. The van der Waals surface area contributed by atoms with E-state index in [4.69, 9.17) is 0 Å². The van der Waals surface area contributed by atoms with E-state index in [0.29, 0.717) is 23.3 Å². The monoisotopic (exact) mass is 468 g/mol. The highest BCUT2D eigenvalue weighted by atomic mass is 16.3. The summed E-state index contributed by atoms with van der Waals surface area (Å²) < 4.78 is 1.95. The van der Waals surface area contributed by atoms with Crippen molar-refractivity contribution in [1.29, 1.82) is 0 Å². The molecule has 0 amide bonds. The molecule has 3 nitrogen and oxygen atoms in total. The van der Waals surface area contributed by atoms with Gasteiger partial charge in [-0.2, -0.15) is 5.10 Å². The molecule has 0 radical (unpaired) electrons. The lowest BCUT2D eigenvalue weighted by molar-refractivity contribution is -0.156. The molecule has 4 aliphatic rings. The van der Waals surface area contributed by atoms with Crippen LogP contribution >= 0.6 is 0 Å². The number of hydrogen-bond donors (Lipinski definition) is 1. The third-order valence-electron chi connectivity index (χ3n) is 12.0. The van der Waals surface area contributed by atoms with Crippen molar-refractivity contribution in [3.63, 3.8) is 0 Å². The molecule has 0 spiro atoms. The van der Waals surface area contributed by atoms with E-state index in [-0.39, 0.29) is 0 Å². The van der Waals surface area contributed by atoms with Gasteiger partial charge in [0.2, 0.25) is 0 Å². The maximum atomic E-state index is 11.5. The Kier molecular flexibility index (Phi) is 6.75. The molecule has 0 aliphatic heterocycles. The molecule has 1 heterocycles. The molecule has 4 aliphatic carbocycles. The lowest BCUT2D eigenvalue weighted by atomic mass is 9.43. The fourth-order valence-corrected chi connectivity index (χ4v) is 10.2. The molecule has 9 atom stereocenters. The Labute approximate surface area is 209 Å². The molecular weight excluding hydrogens is 416 g/mol. The first-order valence-corrected chi connectivity index (χ1v) is 14.8. The minimum absolute atomic E-state index is 0.432. The predicted octanol–water partition coefficient (Wildman–Crippen LogP) is 7.74.